The molecule has 17 nitrogen and oxygen atoms in total. The quantitative estimate of drug-likeness (QED) is 0.0989. The Morgan fingerprint density at radius 1 is 0.833 bits per heavy atom. The van der Waals surface area contributed by atoms with Crippen LogP contribution in [0.3, 0.4) is 0 Å². The van der Waals surface area contributed by atoms with Crippen LogP contribution in [0.4, 0.5) is 9.59 Å². The van der Waals surface area contributed by atoms with Crippen molar-refractivity contribution in [3.63, 3.8) is 0 Å². The van der Waals surface area contributed by atoms with Gasteiger partial charge in [-0.15, -0.1) is 0 Å². The molecule has 66 heavy (non-hydrogen) atoms. The largest absolute Gasteiger partial charge is 0.488 e. The molecule has 5 heterocycles. The Balaban J connectivity index is 0.979. The number of alkyl carbamates (subject to hydrolysis) is 2. The second-order valence-corrected chi connectivity index (χ2v) is 17.4. The fourth-order valence-electron chi connectivity index (χ4n) is 9.78. The van der Waals surface area contributed by atoms with Crippen LogP contribution in [0, 0.1) is 11.8 Å². The summed E-state index contributed by atoms with van der Waals surface area (Å²) >= 11 is 0. The summed E-state index contributed by atoms with van der Waals surface area (Å²) in [6.07, 6.45) is 1.13. The van der Waals surface area contributed by atoms with Crippen molar-refractivity contribution in [3.8, 4) is 28.1 Å². The molecule has 2 saturated heterocycles. The molecule has 3 aliphatic rings. The summed E-state index contributed by atoms with van der Waals surface area (Å²) < 4.78 is 27.2. The molecule has 0 bridgehead atoms. The number of likely N-dealkylation sites (tertiary alicyclic amines) is 2. The van der Waals surface area contributed by atoms with Gasteiger partial charge in [0, 0.05) is 44.2 Å². The highest BCUT2D eigenvalue weighted by Gasteiger charge is 2.43. The van der Waals surface area contributed by atoms with Crippen LogP contribution in [0.5, 0.6) is 5.75 Å². The Hall–Kier alpha value is -6.98. The van der Waals surface area contributed by atoms with Crippen LogP contribution < -0.4 is 15.4 Å². The molecule has 344 valence electrons. The molecule has 2 aromatic heterocycles. The van der Waals surface area contributed by atoms with Crippen molar-refractivity contribution < 1.29 is 42.9 Å². The Morgan fingerprint density at radius 3 is 2.35 bits per heavy atom. The van der Waals surface area contributed by atoms with Gasteiger partial charge in [-0.1, -0.05) is 55.5 Å². The van der Waals surface area contributed by atoms with E-state index in [2.05, 4.69) is 63.9 Å². The van der Waals surface area contributed by atoms with Gasteiger partial charge in [-0.2, -0.15) is 0 Å². The number of benzene rings is 4. The number of fused-ring (bicyclic) bond motifs is 6. The number of methoxy groups -OCH3 is 4. The van der Waals surface area contributed by atoms with E-state index in [1.165, 1.54) is 21.3 Å². The number of imidazole rings is 2. The van der Waals surface area contributed by atoms with Crippen molar-refractivity contribution in [2.75, 3.05) is 48.1 Å². The van der Waals surface area contributed by atoms with Gasteiger partial charge in [-0.25, -0.2) is 19.6 Å². The molecule has 0 aliphatic carbocycles. The molecule has 0 radical (unpaired) electrons. The summed E-state index contributed by atoms with van der Waals surface area (Å²) in [6.45, 7) is 5.58. The first-order valence-electron chi connectivity index (χ1n) is 22.1. The van der Waals surface area contributed by atoms with Crippen LogP contribution in [0.1, 0.15) is 67.6 Å². The normalized spacial score (nSPS) is 20.3. The predicted molar refractivity (Wildman–Crippen MR) is 244 cm³/mol. The van der Waals surface area contributed by atoms with Crippen molar-refractivity contribution in [1.29, 1.82) is 0 Å². The Kier molecular flexibility index (Phi) is 12.4. The lowest BCUT2D eigenvalue weighted by Crippen LogP contribution is -2.54. The summed E-state index contributed by atoms with van der Waals surface area (Å²) in [7, 11) is 5.69. The van der Waals surface area contributed by atoms with E-state index in [1.807, 2.05) is 36.4 Å². The van der Waals surface area contributed by atoms with Crippen LogP contribution >= 0.6 is 0 Å². The van der Waals surface area contributed by atoms with Crippen LogP contribution in [-0.4, -0.2) is 114 Å². The number of rotatable bonds is 12. The minimum absolute atomic E-state index is 0.0541. The third-order valence-electron chi connectivity index (χ3n) is 13.2. The number of H-pyrrole nitrogens is 2. The number of amides is 4. The molecule has 2 unspecified atom stereocenters. The van der Waals surface area contributed by atoms with Crippen molar-refractivity contribution in [2.24, 2.45) is 11.8 Å². The number of ether oxygens (including phenoxy) is 5. The van der Waals surface area contributed by atoms with Crippen LogP contribution in [0.2, 0.25) is 0 Å². The minimum atomic E-state index is -0.959. The molecule has 9 rings (SSSR count). The average molecular weight is 899 g/mol. The van der Waals surface area contributed by atoms with Gasteiger partial charge >= 0.3 is 12.2 Å². The Bertz CT molecular complexity index is 2790. The summed E-state index contributed by atoms with van der Waals surface area (Å²) in [5, 5.41) is 7.32. The number of nitrogens with zero attached hydrogens (tertiary/aromatic N) is 4. The molecule has 7 atom stereocenters. The molecule has 3 aliphatic heterocycles. The SMILES string of the molecule is COC[C@H]1C[C@@H](c2nc3ccc4cc5c(cc4c3[nH]2)OCc2cc(-c3cnc([C@@H]4CC(C)CN4C(=O)C(NC(=O)OC)[C@@H](C)OC)[nH]3)ccc2-5)N(C(=O)[C@H](NC(=O)OC)c2ccccc2)C1. The van der Waals surface area contributed by atoms with Crippen molar-refractivity contribution in [1.82, 2.24) is 40.4 Å². The van der Waals surface area contributed by atoms with Crippen LogP contribution in [-0.2, 0) is 35.1 Å². The highest BCUT2D eigenvalue weighted by molar-refractivity contribution is 6.07. The standard InChI is InChI=1S/C49H54N8O9/c1-26-16-38(56(22-26)46(58)41(27(2)63-4)54-48(60)64-5)44-50-21-37(52-44)31-12-14-33-32(18-31)25-66-40-20-34-30(19-35(33)40)13-15-36-43(34)53-45(51-36)39-17-28(24-62-3)23-57(39)47(59)42(55-49(61)65-6)29-10-8-7-9-11-29/h7-15,18-21,26-28,38-39,41-42H,16-17,22-25H2,1-6H3,(H,50,52)(H,51,53)(H,54,60)(H,55,61)/t26?,27-,28+,38+,39+,41?,42-/m1/s1. The fraction of sp³-hybridized carbons (Fsp3) is 0.388. The maximum Gasteiger partial charge on any atom is 0.407 e. The lowest BCUT2D eigenvalue weighted by Gasteiger charge is -2.30. The second kappa shape index (κ2) is 18.5. The molecule has 17 heteroatoms. The van der Waals surface area contributed by atoms with E-state index < -0.39 is 36.4 Å². The Morgan fingerprint density at radius 2 is 1.59 bits per heavy atom. The van der Waals surface area contributed by atoms with E-state index in [0.29, 0.717) is 56.4 Å². The maximum absolute atomic E-state index is 14.4. The molecule has 0 saturated carbocycles. The minimum Gasteiger partial charge on any atom is -0.488 e. The van der Waals surface area contributed by atoms with Gasteiger partial charge in [0.25, 0.3) is 5.91 Å². The molecule has 4 amide bonds. The van der Waals surface area contributed by atoms with E-state index >= 15 is 0 Å². The van der Waals surface area contributed by atoms with Gasteiger partial charge < -0.3 is 54.1 Å². The van der Waals surface area contributed by atoms with Crippen molar-refractivity contribution in [3.05, 3.63) is 102 Å². The molecule has 0 spiro atoms. The van der Waals surface area contributed by atoms with E-state index in [9.17, 15) is 19.2 Å². The number of aromatic amines is 2. The van der Waals surface area contributed by atoms with E-state index in [4.69, 9.17) is 33.7 Å². The molecule has 4 N–H and O–H groups in total. The fourth-order valence-corrected chi connectivity index (χ4v) is 9.78. The summed E-state index contributed by atoms with van der Waals surface area (Å²) in [4.78, 5) is 73.4. The smallest absolute Gasteiger partial charge is 0.407 e. The predicted octanol–water partition coefficient (Wildman–Crippen LogP) is 6.97. The summed E-state index contributed by atoms with van der Waals surface area (Å²) in [5.41, 5.74) is 7.01. The van der Waals surface area contributed by atoms with Gasteiger partial charge in [0.15, 0.2) is 0 Å². The van der Waals surface area contributed by atoms with Crippen LogP contribution in [0.25, 0.3) is 44.2 Å². The first-order chi connectivity index (χ1) is 32.0. The third kappa shape index (κ3) is 8.39. The van der Waals surface area contributed by atoms with Gasteiger partial charge in [0.1, 0.15) is 36.1 Å². The number of nitrogens with one attached hydrogen (secondary N) is 4. The lowest BCUT2D eigenvalue weighted by molar-refractivity contribution is -0.138. The van der Waals surface area contributed by atoms with E-state index in [1.54, 1.807) is 30.0 Å². The third-order valence-corrected chi connectivity index (χ3v) is 13.2. The Labute approximate surface area is 381 Å². The van der Waals surface area contributed by atoms with Crippen molar-refractivity contribution >= 4 is 45.8 Å². The maximum atomic E-state index is 14.4. The molecule has 6 aromatic rings. The molecular formula is C49H54N8O9. The molecule has 2 fully saturated rings. The zero-order valence-electron chi connectivity index (χ0n) is 37.8. The first kappa shape index (κ1) is 44.2. The lowest BCUT2D eigenvalue weighted by atomic mass is 9.92. The zero-order valence-corrected chi connectivity index (χ0v) is 37.8. The number of hydrogen-bond acceptors (Lipinski definition) is 11. The first-order valence-corrected chi connectivity index (χ1v) is 22.1. The molecule has 4 aromatic carbocycles. The zero-order chi connectivity index (χ0) is 46.2. The van der Waals surface area contributed by atoms with Crippen LogP contribution in [0.15, 0.2) is 79.0 Å². The highest BCUT2D eigenvalue weighted by Crippen LogP contribution is 2.44. The highest BCUT2D eigenvalue weighted by atomic mass is 16.5. The second-order valence-electron chi connectivity index (χ2n) is 17.4. The number of carbonyl (C=O) groups is 4. The van der Waals surface area contributed by atoms with Gasteiger partial charge in [0.2, 0.25) is 5.91 Å². The summed E-state index contributed by atoms with van der Waals surface area (Å²) in [6, 6.07) is 21.0. The van der Waals surface area contributed by atoms with E-state index in [0.717, 1.165) is 55.5 Å². The number of aromatic nitrogens is 4. The molecular weight excluding hydrogens is 845 g/mol. The van der Waals surface area contributed by atoms with Gasteiger partial charge in [-0.05, 0) is 77.6 Å². The van der Waals surface area contributed by atoms with Gasteiger partial charge in [-0.3, -0.25) is 9.59 Å². The number of hydrogen-bond donors (Lipinski definition) is 4. The van der Waals surface area contributed by atoms with Crippen molar-refractivity contribution in [2.45, 2.75) is 63.6 Å². The topological polar surface area (TPSA) is 202 Å². The number of carbonyl (C=O) groups excluding carboxylic acids is 4. The van der Waals surface area contributed by atoms with Gasteiger partial charge in [0.05, 0.1) is 61.9 Å². The monoisotopic (exact) mass is 898 g/mol. The van der Waals surface area contributed by atoms with E-state index in [-0.39, 0.29) is 29.7 Å². The summed E-state index contributed by atoms with van der Waals surface area (Å²) in [5.74, 6) is 1.80. The average Bonchev–Trinajstić information content (AvgIpc) is 4.17.